The van der Waals surface area contributed by atoms with Crippen molar-refractivity contribution in [2.24, 2.45) is 0 Å². The van der Waals surface area contributed by atoms with E-state index in [2.05, 4.69) is 26.2 Å². The van der Waals surface area contributed by atoms with Gasteiger partial charge in [0.05, 0.1) is 22.5 Å². The third-order valence-corrected chi connectivity index (χ3v) is 4.99. The van der Waals surface area contributed by atoms with E-state index in [4.69, 9.17) is 11.6 Å². The standard InChI is InChI=1S/C22H13BrClFN2O/c23-14-5-3-4-13(10-14)21-12-17(16-6-1-2-7-19(16)26-21)22(28)27-20-9-8-15(24)11-18(20)25/h1-12H,(H,27,28). The van der Waals surface area contributed by atoms with Crippen molar-refractivity contribution >= 4 is 50.0 Å². The third-order valence-electron chi connectivity index (χ3n) is 4.26. The normalized spacial score (nSPS) is 10.8. The van der Waals surface area contributed by atoms with Crippen LogP contribution in [0.3, 0.4) is 0 Å². The first kappa shape index (κ1) is 18.6. The van der Waals surface area contributed by atoms with E-state index in [0.29, 0.717) is 22.2 Å². The maximum absolute atomic E-state index is 14.1. The lowest BCUT2D eigenvalue weighted by Gasteiger charge is -2.11. The fourth-order valence-corrected chi connectivity index (χ4v) is 3.50. The Morgan fingerprint density at radius 1 is 1.00 bits per heavy atom. The van der Waals surface area contributed by atoms with E-state index < -0.39 is 11.7 Å². The number of carbonyl (C=O) groups excluding carboxylic acids is 1. The van der Waals surface area contributed by atoms with Gasteiger partial charge < -0.3 is 5.32 Å². The van der Waals surface area contributed by atoms with Gasteiger partial charge in [0, 0.05) is 20.4 Å². The van der Waals surface area contributed by atoms with Gasteiger partial charge in [0.2, 0.25) is 0 Å². The summed E-state index contributed by atoms with van der Waals surface area (Å²) in [5.74, 6) is -1.01. The average molecular weight is 456 g/mol. The number of pyridine rings is 1. The molecule has 4 rings (SSSR count). The second-order valence-corrected chi connectivity index (χ2v) is 7.51. The van der Waals surface area contributed by atoms with Crippen LogP contribution in [0.15, 0.2) is 77.3 Å². The van der Waals surface area contributed by atoms with Crippen molar-refractivity contribution in [3.8, 4) is 11.3 Å². The lowest BCUT2D eigenvalue weighted by atomic mass is 10.0. The second kappa shape index (κ2) is 7.70. The Kier molecular flexibility index (Phi) is 5.11. The average Bonchev–Trinajstić information content (AvgIpc) is 2.69. The highest BCUT2D eigenvalue weighted by Gasteiger charge is 2.16. The predicted octanol–water partition coefficient (Wildman–Crippen LogP) is 6.71. The molecule has 1 amide bonds. The van der Waals surface area contributed by atoms with E-state index in [1.54, 1.807) is 6.07 Å². The molecule has 3 aromatic carbocycles. The Bertz CT molecular complexity index is 1210. The maximum atomic E-state index is 14.1. The molecule has 28 heavy (non-hydrogen) atoms. The molecule has 138 valence electrons. The molecule has 0 radical (unpaired) electrons. The summed E-state index contributed by atoms with van der Waals surface area (Å²) < 4.78 is 15.0. The summed E-state index contributed by atoms with van der Waals surface area (Å²) in [4.78, 5) is 17.6. The van der Waals surface area contributed by atoms with Crippen LogP contribution in [0.5, 0.6) is 0 Å². The summed E-state index contributed by atoms with van der Waals surface area (Å²) in [5.41, 5.74) is 2.68. The molecule has 3 nitrogen and oxygen atoms in total. The topological polar surface area (TPSA) is 42.0 Å². The summed E-state index contributed by atoms with van der Waals surface area (Å²) in [6, 6.07) is 20.9. The summed E-state index contributed by atoms with van der Waals surface area (Å²) >= 11 is 9.24. The lowest BCUT2D eigenvalue weighted by Crippen LogP contribution is -2.14. The minimum Gasteiger partial charge on any atom is -0.319 e. The Labute approximate surface area is 174 Å². The molecule has 0 spiro atoms. The first-order valence-corrected chi connectivity index (χ1v) is 9.60. The van der Waals surface area contributed by atoms with Crippen molar-refractivity contribution in [3.05, 3.63) is 93.7 Å². The second-order valence-electron chi connectivity index (χ2n) is 6.16. The van der Waals surface area contributed by atoms with Gasteiger partial charge in [-0.25, -0.2) is 9.37 Å². The fraction of sp³-hybridized carbons (Fsp3) is 0. The number of nitrogens with one attached hydrogen (secondary N) is 1. The van der Waals surface area contributed by atoms with Crippen molar-refractivity contribution in [2.45, 2.75) is 0 Å². The van der Waals surface area contributed by atoms with Gasteiger partial charge in [-0.3, -0.25) is 4.79 Å². The summed E-state index contributed by atoms with van der Waals surface area (Å²) in [7, 11) is 0. The van der Waals surface area contributed by atoms with Gasteiger partial charge in [0.15, 0.2) is 0 Å². The lowest BCUT2D eigenvalue weighted by molar-refractivity contribution is 0.102. The molecule has 0 unspecified atom stereocenters. The number of para-hydroxylation sites is 1. The smallest absolute Gasteiger partial charge is 0.256 e. The summed E-state index contributed by atoms with van der Waals surface area (Å²) in [6.07, 6.45) is 0. The number of amides is 1. The number of fused-ring (bicyclic) bond motifs is 1. The van der Waals surface area contributed by atoms with E-state index in [0.717, 1.165) is 16.1 Å². The highest BCUT2D eigenvalue weighted by Crippen LogP contribution is 2.28. The van der Waals surface area contributed by atoms with Crippen molar-refractivity contribution < 1.29 is 9.18 Å². The largest absolute Gasteiger partial charge is 0.319 e. The molecule has 4 aromatic rings. The quantitative estimate of drug-likeness (QED) is 0.373. The number of aromatic nitrogens is 1. The zero-order valence-corrected chi connectivity index (χ0v) is 16.8. The molecule has 0 atom stereocenters. The molecule has 0 fully saturated rings. The number of benzene rings is 3. The highest BCUT2D eigenvalue weighted by atomic mass is 79.9. The summed E-state index contributed by atoms with van der Waals surface area (Å²) in [6.45, 7) is 0. The van der Waals surface area contributed by atoms with Gasteiger partial charge in [-0.1, -0.05) is 57.9 Å². The zero-order chi connectivity index (χ0) is 19.7. The van der Waals surface area contributed by atoms with Gasteiger partial charge in [-0.15, -0.1) is 0 Å². The van der Waals surface area contributed by atoms with E-state index in [1.807, 2.05) is 48.5 Å². The molecule has 0 saturated heterocycles. The van der Waals surface area contributed by atoms with Crippen LogP contribution in [0.2, 0.25) is 5.02 Å². The van der Waals surface area contributed by atoms with Crippen molar-refractivity contribution in [2.75, 3.05) is 5.32 Å². The van der Waals surface area contributed by atoms with Crippen molar-refractivity contribution in [1.29, 1.82) is 0 Å². The number of hydrogen-bond acceptors (Lipinski definition) is 2. The Morgan fingerprint density at radius 3 is 2.61 bits per heavy atom. The Balaban J connectivity index is 1.81. The molecule has 1 N–H and O–H groups in total. The number of rotatable bonds is 3. The monoisotopic (exact) mass is 454 g/mol. The molecule has 0 bridgehead atoms. The van der Waals surface area contributed by atoms with Crippen LogP contribution < -0.4 is 5.32 Å². The van der Waals surface area contributed by atoms with Gasteiger partial charge in [-0.05, 0) is 42.5 Å². The van der Waals surface area contributed by atoms with Crippen molar-refractivity contribution in [3.63, 3.8) is 0 Å². The molecule has 0 saturated carbocycles. The van der Waals surface area contributed by atoms with E-state index in [-0.39, 0.29) is 10.7 Å². The SMILES string of the molecule is O=C(Nc1ccc(Cl)cc1F)c1cc(-c2cccc(Br)c2)nc2ccccc12. The molecular weight excluding hydrogens is 443 g/mol. The number of halogens is 3. The Morgan fingerprint density at radius 2 is 1.82 bits per heavy atom. The van der Waals surface area contributed by atoms with E-state index in [1.165, 1.54) is 12.1 Å². The molecule has 0 aliphatic heterocycles. The van der Waals surface area contributed by atoms with Crippen molar-refractivity contribution in [1.82, 2.24) is 4.98 Å². The number of nitrogens with zero attached hydrogens (tertiary/aromatic N) is 1. The fourth-order valence-electron chi connectivity index (χ4n) is 2.94. The molecule has 1 aromatic heterocycles. The van der Waals surface area contributed by atoms with Crippen LogP contribution in [0, 0.1) is 5.82 Å². The van der Waals surface area contributed by atoms with E-state index in [9.17, 15) is 9.18 Å². The van der Waals surface area contributed by atoms with Gasteiger partial charge in [-0.2, -0.15) is 0 Å². The number of anilines is 1. The maximum Gasteiger partial charge on any atom is 0.256 e. The van der Waals surface area contributed by atoms with Gasteiger partial charge >= 0.3 is 0 Å². The first-order chi connectivity index (χ1) is 13.5. The molecule has 1 heterocycles. The summed E-state index contributed by atoms with van der Waals surface area (Å²) in [5, 5.41) is 3.58. The molecular formula is C22H13BrClFN2O. The number of hydrogen-bond donors (Lipinski definition) is 1. The van der Waals surface area contributed by atoms with Crippen LogP contribution in [-0.4, -0.2) is 10.9 Å². The highest BCUT2D eigenvalue weighted by molar-refractivity contribution is 9.10. The zero-order valence-electron chi connectivity index (χ0n) is 14.4. The Hall–Kier alpha value is -2.76. The third kappa shape index (κ3) is 3.77. The molecule has 0 aliphatic carbocycles. The van der Waals surface area contributed by atoms with Gasteiger partial charge in [0.25, 0.3) is 5.91 Å². The molecule has 0 aliphatic rings. The minimum absolute atomic E-state index is 0.0688. The molecule has 6 heteroatoms. The predicted molar refractivity (Wildman–Crippen MR) is 114 cm³/mol. The van der Waals surface area contributed by atoms with Crippen LogP contribution in [0.1, 0.15) is 10.4 Å². The van der Waals surface area contributed by atoms with E-state index >= 15 is 0 Å². The van der Waals surface area contributed by atoms with Crippen LogP contribution >= 0.6 is 27.5 Å². The van der Waals surface area contributed by atoms with Gasteiger partial charge in [0.1, 0.15) is 5.82 Å². The minimum atomic E-state index is -0.591. The first-order valence-electron chi connectivity index (χ1n) is 8.43. The number of carbonyl (C=O) groups is 1. The van der Waals surface area contributed by atoms with Crippen LogP contribution in [0.4, 0.5) is 10.1 Å². The van der Waals surface area contributed by atoms with Crippen LogP contribution in [0.25, 0.3) is 22.2 Å². The van der Waals surface area contributed by atoms with Crippen LogP contribution in [-0.2, 0) is 0 Å².